The zero-order valence-electron chi connectivity index (χ0n) is 19.8. The normalized spacial score (nSPS) is 15.3. The first-order valence-electron chi connectivity index (χ1n) is 11.3. The van der Waals surface area contributed by atoms with Gasteiger partial charge in [0.05, 0.1) is 11.3 Å². The number of ketones is 1. The summed E-state index contributed by atoms with van der Waals surface area (Å²) in [6, 6.07) is 4.27. The molecule has 3 aromatic rings. The quantitative estimate of drug-likeness (QED) is 0.306. The third kappa shape index (κ3) is 7.24. The Hall–Kier alpha value is -2.04. The molecule has 1 atom stereocenters. The van der Waals surface area contributed by atoms with E-state index >= 15 is 0 Å². The van der Waals surface area contributed by atoms with Crippen LogP contribution in [0.4, 0.5) is 4.39 Å². The number of likely N-dealkylation sites (N-methyl/N-ethyl adjacent to an activating group) is 1. The molecule has 1 unspecified atom stereocenters. The van der Waals surface area contributed by atoms with Crippen molar-refractivity contribution in [1.82, 2.24) is 19.8 Å². The van der Waals surface area contributed by atoms with E-state index in [0.717, 1.165) is 39.1 Å². The number of H-pyrrole nitrogens is 1. The minimum absolute atomic E-state index is 0. The predicted octanol–water partition coefficient (Wildman–Crippen LogP) is 4.86. The average Bonchev–Trinajstić information content (AvgIpc) is 3.45. The van der Waals surface area contributed by atoms with Gasteiger partial charge < -0.3 is 19.5 Å². The van der Waals surface area contributed by atoms with E-state index in [-0.39, 0.29) is 42.4 Å². The van der Waals surface area contributed by atoms with E-state index in [2.05, 4.69) is 26.8 Å². The molecular formula is C24H31Cl2FN4O3S. The summed E-state index contributed by atoms with van der Waals surface area (Å²) < 4.78 is 19.1. The lowest BCUT2D eigenvalue weighted by molar-refractivity contribution is -0.150. The van der Waals surface area contributed by atoms with Crippen LogP contribution in [0.5, 0.6) is 0 Å². The third-order valence-electron chi connectivity index (χ3n) is 6.03. The van der Waals surface area contributed by atoms with Gasteiger partial charge in [-0.1, -0.05) is 6.92 Å². The van der Waals surface area contributed by atoms with Gasteiger partial charge in [-0.05, 0) is 44.6 Å². The van der Waals surface area contributed by atoms with Crippen molar-refractivity contribution < 1.29 is 18.7 Å². The molecule has 1 saturated heterocycles. The van der Waals surface area contributed by atoms with Gasteiger partial charge in [-0.3, -0.25) is 9.59 Å². The highest BCUT2D eigenvalue weighted by Crippen LogP contribution is 2.27. The number of rotatable bonds is 9. The van der Waals surface area contributed by atoms with E-state index < -0.39 is 6.10 Å². The van der Waals surface area contributed by atoms with Crippen molar-refractivity contribution in [2.75, 3.05) is 39.8 Å². The number of fused-ring (bicyclic) bond motifs is 1. The highest BCUT2D eigenvalue weighted by molar-refractivity contribution is 7.12. The van der Waals surface area contributed by atoms with Gasteiger partial charge in [0.15, 0.2) is 5.01 Å². The Labute approximate surface area is 220 Å². The van der Waals surface area contributed by atoms with Crippen LogP contribution in [-0.2, 0) is 9.53 Å². The van der Waals surface area contributed by atoms with Gasteiger partial charge in [-0.15, -0.1) is 36.2 Å². The van der Waals surface area contributed by atoms with Crippen LogP contribution >= 0.6 is 36.2 Å². The number of carbonyl (C=O) groups is 2. The van der Waals surface area contributed by atoms with Crippen molar-refractivity contribution in [3.05, 3.63) is 51.9 Å². The summed E-state index contributed by atoms with van der Waals surface area (Å²) in [6.45, 7) is 7.00. The fourth-order valence-electron chi connectivity index (χ4n) is 4.03. The first-order chi connectivity index (χ1) is 15.9. The first-order valence-corrected chi connectivity index (χ1v) is 12.2. The molecular weight excluding hydrogens is 514 g/mol. The standard InChI is InChI=1S/C24H29FN4O3S.2ClH/c1-3-21(32-22(30)5-4-8-29-11-9-28(2)10-12-29)20-15-33-24(27-20)23(31)18-14-26-19-13-16(25)6-7-17(18)19;;/h6-7,13-15,21,26H,3-5,8-12H2,1-2H3;2*1H. The Morgan fingerprint density at radius 3 is 2.69 bits per heavy atom. The molecule has 1 N–H and O–H groups in total. The summed E-state index contributed by atoms with van der Waals surface area (Å²) in [7, 11) is 2.12. The molecule has 0 amide bonds. The molecule has 35 heavy (non-hydrogen) atoms. The lowest BCUT2D eigenvalue weighted by Crippen LogP contribution is -2.44. The molecule has 4 rings (SSSR count). The van der Waals surface area contributed by atoms with Gasteiger partial charge in [-0.25, -0.2) is 9.37 Å². The van der Waals surface area contributed by atoms with Gasteiger partial charge >= 0.3 is 5.97 Å². The van der Waals surface area contributed by atoms with Crippen molar-refractivity contribution in [2.45, 2.75) is 32.3 Å². The lowest BCUT2D eigenvalue weighted by atomic mass is 10.1. The number of benzene rings is 1. The molecule has 0 saturated carbocycles. The average molecular weight is 546 g/mol. The Morgan fingerprint density at radius 2 is 1.97 bits per heavy atom. The smallest absolute Gasteiger partial charge is 0.306 e. The second kappa shape index (κ2) is 13.3. The Bertz CT molecular complexity index is 1130. The van der Waals surface area contributed by atoms with Crippen molar-refractivity contribution in [1.29, 1.82) is 0 Å². The van der Waals surface area contributed by atoms with Crippen LogP contribution in [0, 0.1) is 5.82 Å². The number of thiazole rings is 1. The summed E-state index contributed by atoms with van der Waals surface area (Å²) in [4.78, 5) is 37.5. The van der Waals surface area contributed by atoms with Crippen LogP contribution < -0.4 is 0 Å². The van der Waals surface area contributed by atoms with Crippen molar-refractivity contribution in [3.8, 4) is 0 Å². The number of ether oxygens (including phenoxy) is 1. The number of halogens is 3. The van der Waals surface area contributed by atoms with Crippen LogP contribution in [0.2, 0.25) is 0 Å². The van der Waals surface area contributed by atoms with Gasteiger partial charge in [0, 0.05) is 55.1 Å². The minimum atomic E-state index is -0.476. The lowest BCUT2D eigenvalue weighted by Gasteiger charge is -2.32. The summed E-state index contributed by atoms with van der Waals surface area (Å²) >= 11 is 1.22. The molecule has 0 radical (unpaired) electrons. The molecule has 11 heteroatoms. The number of aromatic amines is 1. The van der Waals surface area contributed by atoms with E-state index in [4.69, 9.17) is 4.74 Å². The molecule has 1 aliphatic heterocycles. The maximum absolute atomic E-state index is 13.4. The first kappa shape index (κ1) is 29.2. The Morgan fingerprint density at radius 1 is 1.23 bits per heavy atom. The summed E-state index contributed by atoms with van der Waals surface area (Å²) in [5.41, 5.74) is 1.59. The van der Waals surface area contributed by atoms with E-state index in [1.807, 2.05) is 6.92 Å². The molecule has 0 bridgehead atoms. The Kier molecular flexibility index (Phi) is 11.1. The maximum atomic E-state index is 13.4. The zero-order valence-corrected chi connectivity index (χ0v) is 22.2. The molecule has 1 fully saturated rings. The number of nitrogens with one attached hydrogen (secondary N) is 1. The maximum Gasteiger partial charge on any atom is 0.306 e. The van der Waals surface area contributed by atoms with Crippen molar-refractivity contribution in [3.63, 3.8) is 0 Å². The monoisotopic (exact) mass is 544 g/mol. The van der Waals surface area contributed by atoms with E-state index in [1.165, 1.54) is 23.5 Å². The van der Waals surface area contributed by atoms with Gasteiger partial charge in [-0.2, -0.15) is 0 Å². The zero-order chi connectivity index (χ0) is 23.4. The number of esters is 1. The number of piperazine rings is 1. The summed E-state index contributed by atoms with van der Waals surface area (Å²) in [6.07, 6.45) is 2.81. The SMILES string of the molecule is CCC(OC(=O)CCCN1CCN(C)CC1)c1csc(C(=O)c2c[nH]c3cc(F)ccc23)n1.Cl.Cl. The largest absolute Gasteiger partial charge is 0.456 e. The molecule has 2 aromatic heterocycles. The number of nitrogens with zero attached hydrogens (tertiary/aromatic N) is 3. The van der Waals surface area contributed by atoms with E-state index in [1.54, 1.807) is 17.6 Å². The molecule has 192 valence electrons. The summed E-state index contributed by atoms with van der Waals surface area (Å²) in [5.74, 6) is -0.844. The van der Waals surface area contributed by atoms with Crippen molar-refractivity contribution in [2.24, 2.45) is 0 Å². The fraction of sp³-hybridized carbons (Fsp3) is 0.458. The highest BCUT2D eigenvalue weighted by Gasteiger charge is 2.23. The van der Waals surface area contributed by atoms with Gasteiger partial charge in [0.2, 0.25) is 5.78 Å². The number of hydrogen-bond donors (Lipinski definition) is 1. The van der Waals surface area contributed by atoms with Crippen LogP contribution in [0.1, 0.15) is 53.3 Å². The fourth-order valence-corrected chi connectivity index (χ4v) is 4.84. The predicted molar refractivity (Wildman–Crippen MR) is 141 cm³/mol. The van der Waals surface area contributed by atoms with Crippen molar-refractivity contribution >= 4 is 58.8 Å². The molecule has 1 aliphatic rings. The number of hydrogen-bond acceptors (Lipinski definition) is 7. The van der Waals surface area contributed by atoms with Gasteiger partial charge in [0.25, 0.3) is 0 Å². The topological polar surface area (TPSA) is 78.5 Å². The second-order valence-electron chi connectivity index (χ2n) is 8.43. The summed E-state index contributed by atoms with van der Waals surface area (Å²) in [5, 5.41) is 2.74. The van der Waals surface area contributed by atoms with Crippen LogP contribution in [0.3, 0.4) is 0 Å². The molecule has 7 nitrogen and oxygen atoms in total. The number of carbonyl (C=O) groups excluding carboxylic acids is 2. The van der Waals surface area contributed by atoms with Crippen LogP contribution in [-0.4, -0.2) is 71.3 Å². The second-order valence-corrected chi connectivity index (χ2v) is 9.29. The molecule has 0 spiro atoms. The van der Waals surface area contributed by atoms with Crippen LogP contribution in [0.15, 0.2) is 29.8 Å². The minimum Gasteiger partial charge on any atom is -0.456 e. The van der Waals surface area contributed by atoms with E-state index in [9.17, 15) is 14.0 Å². The highest BCUT2D eigenvalue weighted by atomic mass is 35.5. The third-order valence-corrected chi connectivity index (χ3v) is 6.89. The Balaban J connectivity index is 0.00000216. The van der Waals surface area contributed by atoms with Crippen LogP contribution in [0.25, 0.3) is 10.9 Å². The number of aromatic nitrogens is 2. The molecule has 1 aromatic carbocycles. The van der Waals surface area contributed by atoms with Gasteiger partial charge in [0.1, 0.15) is 11.9 Å². The molecule has 0 aliphatic carbocycles. The van der Waals surface area contributed by atoms with E-state index in [0.29, 0.717) is 40.0 Å². The molecule has 3 heterocycles.